The highest BCUT2D eigenvalue weighted by Gasteiger charge is 2.28. The van der Waals surface area contributed by atoms with Gasteiger partial charge in [0.25, 0.3) is 0 Å². The zero-order chi connectivity index (χ0) is 16.2. The summed E-state index contributed by atoms with van der Waals surface area (Å²) >= 11 is 4.81. The molecule has 0 aromatic carbocycles. The van der Waals surface area contributed by atoms with Gasteiger partial charge in [-0.05, 0) is 33.2 Å². The molecular formula is C13H22N4O2S2. The largest absolute Gasteiger partial charge is 0.388 e. The second kappa shape index (κ2) is 7.26. The number of sulfonamides is 1. The van der Waals surface area contributed by atoms with Gasteiger partial charge in [-0.1, -0.05) is 19.1 Å². The minimum atomic E-state index is -3.58. The SMILES string of the molecule is CCN(C(C)CN(C)C)S(=O)(=O)c1ccc(C(N)=S)nc1. The van der Waals surface area contributed by atoms with Crippen LogP contribution in [0.5, 0.6) is 0 Å². The molecule has 0 radical (unpaired) electrons. The fourth-order valence-corrected chi connectivity index (χ4v) is 3.85. The van der Waals surface area contributed by atoms with Crippen LogP contribution in [-0.4, -0.2) is 60.8 Å². The molecule has 2 N–H and O–H groups in total. The molecule has 0 saturated heterocycles. The van der Waals surface area contributed by atoms with E-state index in [1.807, 2.05) is 32.8 Å². The molecular weight excluding hydrogens is 308 g/mol. The van der Waals surface area contributed by atoms with Crippen LogP contribution in [0.3, 0.4) is 0 Å². The number of thiocarbonyl (C=S) groups is 1. The third-order valence-electron chi connectivity index (χ3n) is 3.03. The predicted octanol–water partition coefficient (Wildman–Crippen LogP) is 0.677. The van der Waals surface area contributed by atoms with E-state index in [1.165, 1.54) is 22.6 Å². The number of pyridine rings is 1. The number of hydrogen-bond donors (Lipinski definition) is 1. The number of aromatic nitrogens is 1. The summed E-state index contributed by atoms with van der Waals surface area (Å²) in [5.74, 6) is 0. The van der Waals surface area contributed by atoms with Crippen LogP contribution in [0.2, 0.25) is 0 Å². The molecule has 1 aromatic rings. The molecule has 1 rings (SSSR count). The molecule has 1 atom stereocenters. The first-order valence-electron chi connectivity index (χ1n) is 6.62. The summed E-state index contributed by atoms with van der Waals surface area (Å²) in [5.41, 5.74) is 5.88. The summed E-state index contributed by atoms with van der Waals surface area (Å²) in [6.45, 7) is 4.75. The lowest BCUT2D eigenvalue weighted by atomic mass is 10.3. The van der Waals surface area contributed by atoms with Crippen molar-refractivity contribution >= 4 is 27.2 Å². The molecule has 118 valence electrons. The Balaban J connectivity index is 3.09. The van der Waals surface area contributed by atoms with E-state index in [4.69, 9.17) is 18.0 Å². The molecule has 0 amide bonds. The lowest BCUT2D eigenvalue weighted by Gasteiger charge is -2.29. The molecule has 0 fully saturated rings. The smallest absolute Gasteiger partial charge is 0.244 e. The molecule has 0 saturated carbocycles. The maximum Gasteiger partial charge on any atom is 0.244 e. The summed E-state index contributed by atoms with van der Waals surface area (Å²) in [6.07, 6.45) is 1.30. The van der Waals surface area contributed by atoms with Crippen molar-refractivity contribution in [3.63, 3.8) is 0 Å². The second-order valence-electron chi connectivity index (χ2n) is 5.06. The average molecular weight is 330 g/mol. The summed E-state index contributed by atoms with van der Waals surface area (Å²) in [7, 11) is 0.246. The summed E-state index contributed by atoms with van der Waals surface area (Å²) in [5, 5.41) is 0. The van der Waals surface area contributed by atoms with Crippen molar-refractivity contribution in [2.75, 3.05) is 27.2 Å². The van der Waals surface area contributed by atoms with E-state index in [9.17, 15) is 8.42 Å². The molecule has 6 nitrogen and oxygen atoms in total. The van der Waals surface area contributed by atoms with Crippen molar-refractivity contribution in [3.05, 3.63) is 24.0 Å². The van der Waals surface area contributed by atoms with E-state index in [2.05, 4.69) is 4.98 Å². The molecule has 1 aromatic heterocycles. The lowest BCUT2D eigenvalue weighted by molar-refractivity contribution is 0.271. The van der Waals surface area contributed by atoms with Crippen LogP contribution in [0.4, 0.5) is 0 Å². The van der Waals surface area contributed by atoms with Crippen molar-refractivity contribution in [1.29, 1.82) is 0 Å². The molecule has 1 heterocycles. The zero-order valence-electron chi connectivity index (χ0n) is 12.8. The van der Waals surface area contributed by atoms with Crippen LogP contribution in [0.15, 0.2) is 23.2 Å². The van der Waals surface area contributed by atoms with Gasteiger partial charge >= 0.3 is 0 Å². The van der Waals surface area contributed by atoms with E-state index >= 15 is 0 Å². The fourth-order valence-electron chi connectivity index (χ4n) is 2.15. The summed E-state index contributed by atoms with van der Waals surface area (Å²) < 4.78 is 26.8. The minimum absolute atomic E-state index is 0.134. The molecule has 0 bridgehead atoms. The van der Waals surface area contributed by atoms with Gasteiger partial charge in [0, 0.05) is 25.3 Å². The van der Waals surface area contributed by atoms with E-state index in [0.717, 1.165) is 0 Å². The van der Waals surface area contributed by atoms with Gasteiger partial charge in [0.2, 0.25) is 10.0 Å². The monoisotopic (exact) mass is 330 g/mol. The van der Waals surface area contributed by atoms with Gasteiger partial charge in [-0.25, -0.2) is 8.42 Å². The number of nitrogens with two attached hydrogens (primary N) is 1. The normalized spacial score (nSPS) is 13.6. The average Bonchev–Trinajstić information content (AvgIpc) is 2.38. The fraction of sp³-hybridized carbons (Fsp3) is 0.538. The topological polar surface area (TPSA) is 79.5 Å². The third-order valence-corrected chi connectivity index (χ3v) is 5.31. The highest BCUT2D eigenvalue weighted by Crippen LogP contribution is 2.18. The number of rotatable bonds is 7. The Hall–Kier alpha value is -1.09. The summed E-state index contributed by atoms with van der Waals surface area (Å²) in [6, 6.07) is 2.88. The number of likely N-dealkylation sites (N-methyl/N-ethyl adjacent to an activating group) is 2. The molecule has 8 heteroatoms. The van der Waals surface area contributed by atoms with Gasteiger partial charge in [-0.2, -0.15) is 4.31 Å². The van der Waals surface area contributed by atoms with E-state index in [-0.39, 0.29) is 15.9 Å². The van der Waals surface area contributed by atoms with Gasteiger partial charge < -0.3 is 10.6 Å². The first-order chi connectivity index (χ1) is 9.70. The Labute approximate surface area is 132 Å². The lowest BCUT2D eigenvalue weighted by Crippen LogP contribution is -2.43. The highest BCUT2D eigenvalue weighted by atomic mass is 32.2. The number of hydrogen-bond acceptors (Lipinski definition) is 5. The van der Waals surface area contributed by atoms with Crippen molar-refractivity contribution in [1.82, 2.24) is 14.2 Å². The Bertz CT molecular complexity index is 585. The molecule has 0 aliphatic rings. The Morgan fingerprint density at radius 2 is 2.05 bits per heavy atom. The Morgan fingerprint density at radius 1 is 1.43 bits per heavy atom. The Kier molecular flexibility index (Phi) is 6.21. The quantitative estimate of drug-likeness (QED) is 0.741. The van der Waals surface area contributed by atoms with Crippen LogP contribution in [-0.2, 0) is 10.0 Å². The minimum Gasteiger partial charge on any atom is -0.388 e. The van der Waals surface area contributed by atoms with Crippen molar-refractivity contribution in [2.45, 2.75) is 24.8 Å². The van der Waals surface area contributed by atoms with Crippen LogP contribution < -0.4 is 5.73 Å². The van der Waals surface area contributed by atoms with E-state index in [1.54, 1.807) is 0 Å². The van der Waals surface area contributed by atoms with Crippen LogP contribution >= 0.6 is 12.2 Å². The molecule has 21 heavy (non-hydrogen) atoms. The molecule has 1 unspecified atom stereocenters. The van der Waals surface area contributed by atoms with Gasteiger partial charge in [-0.3, -0.25) is 4.98 Å². The van der Waals surface area contributed by atoms with Crippen molar-refractivity contribution < 1.29 is 8.42 Å². The first kappa shape index (κ1) is 18.0. The van der Waals surface area contributed by atoms with Crippen LogP contribution in [0.1, 0.15) is 19.5 Å². The maximum absolute atomic E-state index is 12.7. The van der Waals surface area contributed by atoms with Gasteiger partial charge in [0.1, 0.15) is 9.88 Å². The number of nitrogens with zero attached hydrogens (tertiary/aromatic N) is 3. The van der Waals surface area contributed by atoms with E-state index < -0.39 is 10.0 Å². The third kappa shape index (κ3) is 4.44. The molecule has 0 aliphatic carbocycles. The predicted molar refractivity (Wildman–Crippen MR) is 87.7 cm³/mol. The summed E-state index contributed by atoms with van der Waals surface area (Å²) in [4.78, 5) is 6.25. The van der Waals surface area contributed by atoms with Gasteiger partial charge in [-0.15, -0.1) is 0 Å². The van der Waals surface area contributed by atoms with Crippen LogP contribution in [0, 0.1) is 0 Å². The standard InChI is InChI=1S/C13H22N4O2S2/c1-5-17(10(2)9-16(3)4)21(18,19)11-6-7-12(13(14)20)15-8-11/h6-8,10H,5,9H2,1-4H3,(H2,14,20). The van der Waals surface area contributed by atoms with Gasteiger partial charge in [0.15, 0.2) is 0 Å². The van der Waals surface area contributed by atoms with Crippen LogP contribution in [0.25, 0.3) is 0 Å². The highest BCUT2D eigenvalue weighted by molar-refractivity contribution is 7.89. The van der Waals surface area contributed by atoms with Crippen molar-refractivity contribution in [2.24, 2.45) is 5.73 Å². The zero-order valence-corrected chi connectivity index (χ0v) is 14.4. The van der Waals surface area contributed by atoms with Gasteiger partial charge in [0.05, 0.1) is 5.69 Å². The Morgan fingerprint density at radius 3 is 2.43 bits per heavy atom. The molecule has 0 aliphatic heterocycles. The van der Waals surface area contributed by atoms with Crippen molar-refractivity contribution in [3.8, 4) is 0 Å². The molecule has 0 spiro atoms. The second-order valence-corrected chi connectivity index (χ2v) is 7.39. The maximum atomic E-state index is 12.7. The van der Waals surface area contributed by atoms with E-state index in [0.29, 0.717) is 18.8 Å². The first-order valence-corrected chi connectivity index (χ1v) is 8.47.